The van der Waals surface area contributed by atoms with Crippen molar-refractivity contribution >= 4 is 17.5 Å². The Labute approximate surface area is 140 Å². The van der Waals surface area contributed by atoms with Gasteiger partial charge in [0.05, 0.1) is 0 Å². The van der Waals surface area contributed by atoms with E-state index in [1.807, 2.05) is 31.2 Å². The molecule has 2 rings (SSSR count). The van der Waals surface area contributed by atoms with E-state index in [0.29, 0.717) is 16.3 Å². The first-order valence-electron chi connectivity index (χ1n) is 7.40. The van der Waals surface area contributed by atoms with Crippen molar-refractivity contribution in [3.8, 4) is 5.75 Å². The van der Waals surface area contributed by atoms with Crippen LogP contribution in [0.15, 0.2) is 42.5 Å². The number of carbonyl (C=O) groups excluding carboxylic acids is 1. The number of rotatable bonds is 6. The van der Waals surface area contributed by atoms with Crippen LogP contribution in [0.4, 0.5) is 4.39 Å². The zero-order valence-electron chi connectivity index (χ0n) is 13.2. The van der Waals surface area contributed by atoms with Crippen molar-refractivity contribution in [1.29, 1.82) is 0 Å². The van der Waals surface area contributed by atoms with Gasteiger partial charge in [-0.2, -0.15) is 0 Å². The maximum Gasteiger partial charge on any atom is 0.260 e. The Morgan fingerprint density at radius 3 is 2.65 bits per heavy atom. The molecule has 0 aliphatic heterocycles. The molecule has 0 heterocycles. The molecule has 0 saturated carbocycles. The number of hydrogen-bond donors (Lipinski definition) is 0. The molecule has 0 aliphatic carbocycles. The van der Waals surface area contributed by atoms with Crippen LogP contribution in [-0.2, 0) is 17.8 Å². The van der Waals surface area contributed by atoms with E-state index in [0.717, 1.165) is 12.0 Å². The van der Waals surface area contributed by atoms with Crippen LogP contribution in [0.1, 0.15) is 18.1 Å². The van der Waals surface area contributed by atoms with Gasteiger partial charge >= 0.3 is 0 Å². The highest BCUT2D eigenvalue weighted by Crippen LogP contribution is 2.21. The fraction of sp³-hybridized carbons (Fsp3) is 0.278. The van der Waals surface area contributed by atoms with E-state index in [1.165, 1.54) is 17.0 Å². The van der Waals surface area contributed by atoms with Gasteiger partial charge in [0.25, 0.3) is 5.91 Å². The summed E-state index contributed by atoms with van der Waals surface area (Å²) < 4.78 is 19.4. The van der Waals surface area contributed by atoms with Crippen molar-refractivity contribution in [3.05, 3.63) is 64.4 Å². The first-order valence-corrected chi connectivity index (χ1v) is 7.78. The lowest BCUT2D eigenvalue weighted by molar-refractivity contribution is -0.132. The molecule has 5 heteroatoms. The van der Waals surface area contributed by atoms with Gasteiger partial charge < -0.3 is 9.64 Å². The lowest BCUT2D eigenvalue weighted by Crippen LogP contribution is -2.31. The van der Waals surface area contributed by atoms with Crippen LogP contribution in [-0.4, -0.2) is 24.5 Å². The summed E-state index contributed by atoms with van der Waals surface area (Å²) in [6, 6.07) is 12.1. The number of amides is 1. The molecule has 23 heavy (non-hydrogen) atoms. The van der Waals surface area contributed by atoms with Crippen LogP contribution < -0.4 is 4.74 Å². The average Bonchev–Trinajstić information content (AvgIpc) is 2.56. The predicted molar refractivity (Wildman–Crippen MR) is 89.2 cm³/mol. The van der Waals surface area contributed by atoms with E-state index in [4.69, 9.17) is 16.3 Å². The monoisotopic (exact) mass is 335 g/mol. The van der Waals surface area contributed by atoms with Gasteiger partial charge in [0, 0.05) is 24.2 Å². The summed E-state index contributed by atoms with van der Waals surface area (Å²) in [4.78, 5) is 13.6. The Morgan fingerprint density at radius 2 is 1.96 bits per heavy atom. The Bertz CT molecular complexity index is 670. The molecule has 2 aromatic carbocycles. The Morgan fingerprint density at radius 1 is 1.22 bits per heavy atom. The second-order valence-corrected chi connectivity index (χ2v) is 5.61. The van der Waals surface area contributed by atoms with E-state index in [1.54, 1.807) is 13.1 Å². The van der Waals surface area contributed by atoms with Crippen LogP contribution in [0.5, 0.6) is 5.75 Å². The highest BCUT2D eigenvalue weighted by atomic mass is 35.5. The Hall–Kier alpha value is -2.07. The van der Waals surface area contributed by atoms with E-state index < -0.39 is 5.82 Å². The largest absolute Gasteiger partial charge is 0.483 e. The van der Waals surface area contributed by atoms with Gasteiger partial charge in [0.15, 0.2) is 6.61 Å². The van der Waals surface area contributed by atoms with Gasteiger partial charge in [-0.3, -0.25) is 4.79 Å². The second kappa shape index (κ2) is 7.97. The zero-order chi connectivity index (χ0) is 16.8. The number of benzene rings is 2. The molecule has 0 aliphatic rings. The van der Waals surface area contributed by atoms with Crippen LogP contribution in [0, 0.1) is 5.82 Å². The molecule has 0 aromatic heterocycles. The van der Waals surface area contributed by atoms with Crippen molar-refractivity contribution < 1.29 is 13.9 Å². The minimum Gasteiger partial charge on any atom is -0.483 e. The smallest absolute Gasteiger partial charge is 0.260 e. The number of ether oxygens (including phenoxy) is 1. The maximum absolute atomic E-state index is 13.8. The maximum atomic E-state index is 13.8. The first-order chi connectivity index (χ1) is 11.0. The molecule has 3 nitrogen and oxygen atoms in total. The third-order valence-corrected chi connectivity index (χ3v) is 3.94. The van der Waals surface area contributed by atoms with Crippen molar-refractivity contribution in [2.75, 3.05) is 13.7 Å². The van der Waals surface area contributed by atoms with Crippen LogP contribution in [0.3, 0.4) is 0 Å². The van der Waals surface area contributed by atoms with Crippen molar-refractivity contribution in [1.82, 2.24) is 4.90 Å². The van der Waals surface area contributed by atoms with E-state index >= 15 is 0 Å². The molecule has 0 bridgehead atoms. The second-order valence-electron chi connectivity index (χ2n) is 5.20. The van der Waals surface area contributed by atoms with E-state index in [2.05, 4.69) is 0 Å². The normalized spacial score (nSPS) is 10.4. The number of likely N-dealkylation sites (N-methyl/N-ethyl adjacent to an activating group) is 1. The van der Waals surface area contributed by atoms with Gasteiger partial charge in [-0.15, -0.1) is 0 Å². The molecule has 0 unspecified atom stereocenters. The fourth-order valence-corrected chi connectivity index (χ4v) is 2.42. The highest BCUT2D eigenvalue weighted by molar-refractivity contribution is 6.31. The zero-order valence-corrected chi connectivity index (χ0v) is 13.9. The summed E-state index contributed by atoms with van der Waals surface area (Å²) in [6.45, 7) is 2.03. The minimum atomic E-state index is -0.422. The van der Waals surface area contributed by atoms with Gasteiger partial charge in [-0.05, 0) is 30.2 Å². The summed E-state index contributed by atoms with van der Waals surface area (Å²) in [5, 5.41) is 0.307. The number of hydrogen-bond acceptors (Lipinski definition) is 2. The molecule has 0 spiro atoms. The SMILES string of the molecule is CCc1ccccc1OCC(=O)N(C)Cc1c(F)cccc1Cl. The topological polar surface area (TPSA) is 29.5 Å². The highest BCUT2D eigenvalue weighted by Gasteiger charge is 2.15. The first kappa shape index (κ1) is 17.3. The van der Waals surface area contributed by atoms with Crippen LogP contribution >= 0.6 is 11.6 Å². The Kier molecular flexibility index (Phi) is 5.99. The van der Waals surface area contributed by atoms with Gasteiger partial charge in [-0.25, -0.2) is 4.39 Å². The lowest BCUT2D eigenvalue weighted by Gasteiger charge is -2.19. The molecular formula is C18H19ClFNO2. The molecule has 0 N–H and O–H groups in total. The number of halogens is 2. The number of para-hydroxylation sites is 1. The molecule has 1 amide bonds. The molecule has 2 aromatic rings. The molecule has 0 atom stereocenters. The standard InChI is InChI=1S/C18H19ClFNO2/c1-3-13-7-4-5-10-17(13)23-12-18(22)21(2)11-14-15(19)8-6-9-16(14)20/h4-10H,3,11-12H2,1-2H3. The molecular weight excluding hydrogens is 317 g/mol. The molecule has 122 valence electrons. The molecule has 0 fully saturated rings. The number of carbonyl (C=O) groups is 1. The van der Waals surface area contributed by atoms with E-state index in [9.17, 15) is 9.18 Å². The van der Waals surface area contributed by atoms with Gasteiger partial charge in [0.2, 0.25) is 0 Å². The summed E-state index contributed by atoms with van der Waals surface area (Å²) in [7, 11) is 1.60. The summed E-state index contributed by atoms with van der Waals surface area (Å²) >= 11 is 5.98. The van der Waals surface area contributed by atoms with Crippen molar-refractivity contribution in [3.63, 3.8) is 0 Å². The predicted octanol–water partition coefficient (Wildman–Crippen LogP) is 4.08. The minimum absolute atomic E-state index is 0.0976. The van der Waals surface area contributed by atoms with Crippen molar-refractivity contribution in [2.45, 2.75) is 19.9 Å². The molecule has 0 saturated heterocycles. The summed E-state index contributed by atoms with van der Waals surface area (Å²) in [5.41, 5.74) is 1.35. The van der Waals surface area contributed by atoms with Crippen molar-refractivity contribution in [2.24, 2.45) is 0 Å². The third kappa shape index (κ3) is 4.45. The molecule has 0 radical (unpaired) electrons. The fourth-order valence-electron chi connectivity index (χ4n) is 2.20. The third-order valence-electron chi connectivity index (χ3n) is 3.59. The van der Waals surface area contributed by atoms with Crippen LogP contribution in [0.25, 0.3) is 0 Å². The van der Waals surface area contributed by atoms with Crippen LogP contribution in [0.2, 0.25) is 5.02 Å². The van der Waals surface area contributed by atoms with Gasteiger partial charge in [0.1, 0.15) is 11.6 Å². The lowest BCUT2D eigenvalue weighted by atomic mass is 10.1. The Balaban J connectivity index is 1.98. The summed E-state index contributed by atoms with van der Waals surface area (Å²) in [6.07, 6.45) is 0.824. The average molecular weight is 336 g/mol. The van der Waals surface area contributed by atoms with E-state index in [-0.39, 0.29) is 19.1 Å². The number of aryl methyl sites for hydroxylation is 1. The quantitative estimate of drug-likeness (QED) is 0.796. The number of nitrogens with zero attached hydrogens (tertiary/aromatic N) is 1. The van der Waals surface area contributed by atoms with Gasteiger partial charge in [-0.1, -0.05) is 42.8 Å². The summed E-state index contributed by atoms with van der Waals surface area (Å²) in [5.74, 6) is 0.0327.